The lowest BCUT2D eigenvalue weighted by Gasteiger charge is -2.09. The number of benzene rings is 1. The molecule has 0 fully saturated rings. The Kier molecular flexibility index (Phi) is 4.87. The molecule has 0 saturated carbocycles. The van der Waals surface area contributed by atoms with Gasteiger partial charge in [-0.1, -0.05) is 6.07 Å². The van der Waals surface area contributed by atoms with Crippen molar-refractivity contribution in [1.29, 1.82) is 0 Å². The number of hydrazine groups is 1. The lowest BCUT2D eigenvalue weighted by atomic mass is 10.1. The summed E-state index contributed by atoms with van der Waals surface area (Å²) in [7, 11) is 0. The predicted molar refractivity (Wildman–Crippen MR) is 78.4 cm³/mol. The van der Waals surface area contributed by atoms with Gasteiger partial charge in [-0.25, -0.2) is 0 Å². The monoisotopic (exact) mass is 392 g/mol. The van der Waals surface area contributed by atoms with E-state index in [0.717, 1.165) is 27.3 Å². The smallest absolute Gasteiger partial charge is 0.267 e. The summed E-state index contributed by atoms with van der Waals surface area (Å²) >= 11 is 4.34. The van der Waals surface area contributed by atoms with E-state index in [1.807, 2.05) is 0 Å². The van der Waals surface area contributed by atoms with Crippen molar-refractivity contribution in [3.05, 3.63) is 56.2 Å². The summed E-state index contributed by atoms with van der Waals surface area (Å²) in [5.74, 6) is -1.40. The minimum atomic E-state index is -4.54. The molecule has 116 valence electrons. The molecule has 1 aromatic heterocycles. The second-order valence-corrected chi connectivity index (χ2v) is 6.55. The lowest BCUT2D eigenvalue weighted by molar-refractivity contribution is -0.137. The highest BCUT2D eigenvalue weighted by molar-refractivity contribution is 9.11. The molecule has 9 heteroatoms. The molecular weight excluding hydrogens is 385 g/mol. The summed E-state index contributed by atoms with van der Waals surface area (Å²) in [5.41, 5.74) is 3.07. The highest BCUT2D eigenvalue weighted by atomic mass is 79.9. The van der Waals surface area contributed by atoms with Crippen molar-refractivity contribution in [2.24, 2.45) is 0 Å². The Hall–Kier alpha value is -1.87. The van der Waals surface area contributed by atoms with E-state index in [1.165, 1.54) is 6.07 Å². The van der Waals surface area contributed by atoms with E-state index in [-0.39, 0.29) is 5.56 Å². The molecule has 0 unspecified atom stereocenters. The van der Waals surface area contributed by atoms with Crippen molar-refractivity contribution in [2.75, 3.05) is 0 Å². The van der Waals surface area contributed by atoms with E-state index in [0.29, 0.717) is 10.9 Å². The van der Waals surface area contributed by atoms with Gasteiger partial charge in [-0.2, -0.15) is 13.2 Å². The van der Waals surface area contributed by atoms with Crippen LogP contribution < -0.4 is 10.9 Å². The Morgan fingerprint density at radius 2 is 1.73 bits per heavy atom. The van der Waals surface area contributed by atoms with Crippen LogP contribution in [-0.2, 0) is 6.18 Å². The first-order chi connectivity index (χ1) is 10.3. The van der Waals surface area contributed by atoms with Gasteiger partial charge in [0.05, 0.1) is 14.2 Å². The summed E-state index contributed by atoms with van der Waals surface area (Å²) in [6.07, 6.45) is -4.54. The van der Waals surface area contributed by atoms with E-state index in [9.17, 15) is 22.8 Å². The number of thiophene rings is 1. The molecule has 1 heterocycles. The number of hydrogen-bond acceptors (Lipinski definition) is 3. The molecule has 0 atom stereocenters. The van der Waals surface area contributed by atoms with Crippen LogP contribution in [0.3, 0.4) is 0 Å². The Bertz CT molecular complexity index is 715. The number of nitrogens with one attached hydrogen (secondary N) is 2. The highest BCUT2D eigenvalue weighted by Crippen LogP contribution is 2.29. The topological polar surface area (TPSA) is 58.2 Å². The number of halogens is 4. The molecule has 2 aromatic rings. The summed E-state index contributed by atoms with van der Waals surface area (Å²) in [6.45, 7) is 0. The zero-order chi connectivity index (χ0) is 16.3. The highest BCUT2D eigenvalue weighted by Gasteiger charge is 2.30. The van der Waals surface area contributed by atoms with E-state index < -0.39 is 23.6 Å². The van der Waals surface area contributed by atoms with Crippen molar-refractivity contribution in [2.45, 2.75) is 6.18 Å². The van der Waals surface area contributed by atoms with Gasteiger partial charge < -0.3 is 0 Å². The molecule has 4 nitrogen and oxygen atoms in total. The standard InChI is InChI=1S/C13H8BrF3N2O2S/c14-10-5-4-9(22-10)12(21)19-18-11(20)7-2-1-3-8(6-7)13(15,16)17/h1-6H,(H,18,20)(H,19,21). The Labute approximate surface area is 135 Å². The molecular formula is C13H8BrF3N2O2S. The van der Waals surface area contributed by atoms with Gasteiger partial charge in [0, 0.05) is 5.56 Å². The van der Waals surface area contributed by atoms with Gasteiger partial charge in [0.2, 0.25) is 0 Å². The molecule has 1 aromatic carbocycles. The number of hydrogen-bond donors (Lipinski definition) is 2. The number of carbonyl (C=O) groups is 2. The molecule has 0 aliphatic heterocycles. The third-order valence-corrected chi connectivity index (χ3v) is 4.16. The predicted octanol–water partition coefficient (Wildman–Crippen LogP) is 3.60. The van der Waals surface area contributed by atoms with Crippen molar-refractivity contribution in [1.82, 2.24) is 10.9 Å². The second-order valence-electron chi connectivity index (χ2n) is 4.09. The molecule has 0 aliphatic rings. The van der Waals surface area contributed by atoms with Gasteiger partial charge in [-0.3, -0.25) is 20.4 Å². The normalized spacial score (nSPS) is 11.1. The summed E-state index contributed by atoms with van der Waals surface area (Å²) < 4.78 is 38.4. The molecule has 2 amide bonds. The average Bonchev–Trinajstić information content (AvgIpc) is 2.90. The molecule has 2 rings (SSSR count). The maximum atomic E-state index is 12.6. The Morgan fingerprint density at radius 3 is 2.32 bits per heavy atom. The van der Waals surface area contributed by atoms with Crippen LogP contribution in [0.1, 0.15) is 25.6 Å². The second kappa shape index (κ2) is 6.49. The van der Waals surface area contributed by atoms with Gasteiger partial charge in [-0.15, -0.1) is 11.3 Å². The molecule has 2 N–H and O–H groups in total. The van der Waals surface area contributed by atoms with Gasteiger partial charge in [0.1, 0.15) is 0 Å². The quantitative estimate of drug-likeness (QED) is 0.767. The molecule has 0 aliphatic carbocycles. The van der Waals surface area contributed by atoms with Gasteiger partial charge in [-0.05, 0) is 46.3 Å². The Balaban J connectivity index is 2.02. The first kappa shape index (κ1) is 16.5. The van der Waals surface area contributed by atoms with E-state index >= 15 is 0 Å². The van der Waals surface area contributed by atoms with Crippen LogP contribution in [0.25, 0.3) is 0 Å². The van der Waals surface area contributed by atoms with Crippen molar-refractivity contribution in [3.8, 4) is 0 Å². The number of rotatable bonds is 2. The molecule has 0 spiro atoms. The zero-order valence-electron chi connectivity index (χ0n) is 10.7. The van der Waals surface area contributed by atoms with Crippen LogP contribution in [0.15, 0.2) is 40.2 Å². The largest absolute Gasteiger partial charge is 0.416 e. The van der Waals surface area contributed by atoms with Gasteiger partial charge in [0.15, 0.2) is 0 Å². The van der Waals surface area contributed by atoms with Crippen LogP contribution in [0, 0.1) is 0 Å². The maximum Gasteiger partial charge on any atom is 0.416 e. The Morgan fingerprint density at radius 1 is 1.05 bits per heavy atom. The maximum absolute atomic E-state index is 12.6. The van der Waals surface area contributed by atoms with Gasteiger partial charge >= 0.3 is 6.18 Å². The van der Waals surface area contributed by atoms with Crippen LogP contribution in [0.4, 0.5) is 13.2 Å². The van der Waals surface area contributed by atoms with Crippen molar-refractivity contribution < 1.29 is 22.8 Å². The molecule has 0 saturated heterocycles. The van der Waals surface area contributed by atoms with Crippen LogP contribution in [0.5, 0.6) is 0 Å². The third-order valence-electron chi connectivity index (χ3n) is 2.54. The lowest BCUT2D eigenvalue weighted by Crippen LogP contribution is -2.41. The van der Waals surface area contributed by atoms with Crippen molar-refractivity contribution in [3.63, 3.8) is 0 Å². The van der Waals surface area contributed by atoms with Gasteiger partial charge in [0.25, 0.3) is 11.8 Å². The minimum absolute atomic E-state index is 0.206. The van der Waals surface area contributed by atoms with E-state index in [1.54, 1.807) is 12.1 Å². The first-order valence-corrected chi connectivity index (χ1v) is 7.41. The molecule has 0 radical (unpaired) electrons. The number of carbonyl (C=O) groups excluding carboxylic acids is 2. The molecule has 22 heavy (non-hydrogen) atoms. The van der Waals surface area contributed by atoms with Crippen LogP contribution in [0.2, 0.25) is 0 Å². The van der Waals surface area contributed by atoms with E-state index in [2.05, 4.69) is 26.8 Å². The number of alkyl halides is 3. The summed E-state index contributed by atoms with van der Waals surface area (Å²) in [5, 5.41) is 0. The molecule has 0 bridgehead atoms. The summed E-state index contributed by atoms with van der Waals surface area (Å²) in [6, 6.07) is 7.12. The fourth-order valence-electron chi connectivity index (χ4n) is 1.52. The number of amides is 2. The fourth-order valence-corrected chi connectivity index (χ4v) is 2.80. The summed E-state index contributed by atoms with van der Waals surface area (Å²) in [4.78, 5) is 23.8. The van der Waals surface area contributed by atoms with E-state index in [4.69, 9.17) is 0 Å². The van der Waals surface area contributed by atoms with Crippen LogP contribution >= 0.6 is 27.3 Å². The SMILES string of the molecule is O=C(NNC(=O)c1ccc(Br)s1)c1cccc(C(F)(F)F)c1. The zero-order valence-corrected chi connectivity index (χ0v) is 13.1. The first-order valence-electron chi connectivity index (χ1n) is 5.80. The average molecular weight is 393 g/mol. The fraction of sp³-hybridized carbons (Fsp3) is 0.0769. The van der Waals surface area contributed by atoms with Crippen molar-refractivity contribution >= 4 is 39.1 Å². The van der Waals surface area contributed by atoms with Crippen LogP contribution in [-0.4, -0.2) is 11.8 Å². The third kappa shape index (κ3) is 4.08. The minimum Gasteiger partial charge on any atom is -0.267 e.